The zero-order valence-electron chi connectivity index (χ0n) is 8.93. The Kier molecular flexibility index (Phi) is 5.69. The number of benzene rings is 1. The molecule has 0 radical (unpaired) electrons. The summed E-state index contributed by atoms with van der Waals surface area (Å²) in [5, 5.41) is 0. The Balaban J connectivity index is 2.47. The second kappa shape index (κ2) is 6.81. The minimum Gasteiger partial charge on any atom is -0.488 e. The number of halogens is 3. The van der Waals surface area contributed by atoms with Crippen LogP contribution in [0.3, 0.4) is 0 Å². The van der Waals surface area contributed by atoms with Crippen molar-refractivity contribution in [3.05, 3.63) is 28.2 Å². The molecule has 0 spiro atoms. The van der Waals surface area contributed by atoms with Gasteiger partial charge in [0.05, 0.1) is 6.61 Å². The Morgan fingerprint density at radius 3 is 2.62 bits per heavy atom. The summed E-state index contributed by atoms with van der Waals surface area (Å²) in [4.78, 5) is 0. The standard InChI is InChI=1S/C11H13BrF2O2/c1-2-3-15-4-5-16-10-7-8(12)6-9(13)11(10)14/h6-7H,2-5H2,1H3. The lowest BCUT2D eigenvalue weighted by atomic mass is 10.3. The van der Waals surface area contributed by atoms with Crippen molar-refractivity contribution in [2.75, 3.05) is 19.8 Å². The maximum absolute atomic E-state index is 13.2. The topological polar surface area (TPSA) is 18.5 Å². The summed E-state index contributed by atoms with van der Waals surface area (Å²) in [6, 6.07) is 2.44. The minimum atomic E-state index is -0.973. The van der Waals surface area contributed by atoms with Gasteiger partial charge in [0, 0.05) is 11.1 Å². The van der Waals surface area contributed by atoms with Gasteiger partial charge in [-0.3, -0.25) is 0 Å². The monoisotopic (exact) mass is 294 g/mol. The smallest absolute Gasteiger partial charge is 0.200 e. The first kappa shape index (κ1) is 13.4. The van der Waals surface area contributed by atoms with E-state index in [4.69, 9.17) is 9.47 Å². The first-order valence-electron chi connectivity index (χ1n) is 5.00. The van der Waals surface area contributed by atoms with Crippen molar-refractivity contribution < 1.29 is 18.3 Å². The first-order chi connectivity index (χ1) is 7.65. The van der Waals surface area contributed by atoms with Crippen LogP contribution in [-0.4, -0.2) is 19.8 Å². The maximum atomic E-state index is 13.2. The summed E-state index contributed by atoms with van der Waals surface area (Å²) >= 11 is 3.06. The summed E-state index contributed by atoms with van der Waals surface area (Å²) < 4.78 is 36.8. The Morgan fingerprint density at radius 1 is 1.19 bits per heavy atom. The summed E-state index contributed by atoms with van der Waals surface area (Å²) in [6.45, 7) is 3.19. The molecule has 0 fully saturated rings. The molecule has 0 unspecified atom stereocenters. The molecule has 1 rings (SSSR count). The predicted octanol–water partition coefficient (Wildman–Crippen LogP) is 3.53. The molecule has 0 heterocycles. The molecule has 5 heteroatoms. The van der Waals surface area contributed by atoms with Crippen molar-refractivity contribution in [1.29, 1.82) is 0 Å². The molecule has 1 aromatic rings. The predicted molar refractivity (Wildman–Crippen MR) is 60.7 cm³/mol. The second-order valence-corrected chi connectivity index (χ2v) is 4.08. The van der Waals surface area contributed by atoms with Crippen molar-refractivity contribution in [2.45, 2.75) is 13.3 Å². The van der Waals surface area contributed by atoms with E-state index in [9.17, 15) is 8.78 Å². The van der Waals surface area contributed by atoms with E-state index in [1.54, 1.807) is 0 Å². The van der Waals surface area contributed by atoms with Crippen LogP contribution < -0.4 is 4.74 Å². The van der Waals surface area contributed by atoms with Gasteiger partial charge in [-0.25, -0.2) is 4.39 Å². The minimum absolute atomic E-state index is 0.105. The molecule has 0 atom stereocenters. The van der Waals surface area contributed by atoms with Crippen molar-refractivity contribution >= 4 is 15.9 Å². The third-order valence-electron chi connectivity index (χ3n) is 1.79. The van der Waals surface area contributed by atoms with Crippen LogP contribution in [0.25, 0.3) is 0 Å². The van der Waals surface area contributed by atoms with Gasteiger partial charge in [-0.2, -0.15) is 4.39 Å². The van der Waals surface area contributed by atoms with E-state index in [1.807, 2.05) is 6.92 Å². The van der Waals surface area contributed by atoms with E-state index in [0.29, 0.717) is 17.7 Å². The van der Waals surface area contributed by atoms with Crippen LogP contribution in [0, 0.1) is 11.6 Å². The summed E-state index contributed by atoms with van der Waals surface area (Å²) in [7, 11) is 0. The van der Waals surface area contributed by atoms with Gasteiger partial charge in [-0.05, 0) is 18.6 Å². The number of hydrogen-bond acceptors (Lipinski definition) is 2. The highest BCUT2D eigenvalue weighted by atomic mass is 79.9. The zero-order valence-corrected chi connectivity index (χ0v) is 10.5. The number of ether oxygens (including phenoxy) is 2. The van der Waals surface area contributed by atoms with Gasteiger partial charge < -0.3 is 9.47 Å². The number of rotatable bonds is 6. The molecule has 0 saturated heterocycles. The highest BCUT2D eigenvalue weighted by molar-refractivity contribution is 9.10. The Bertz CT molecular complexity index is 345. The van der Waals surface area contributed by atoms with Crippen molar-refractivity contribution in [2.24, 2.45) is 0 Å². The van der Waals surface area contributed by atoms with Gasteiger partial charge in [-0.15, -0.1) is 0 Å². The van der Waals surface area contributed by atoms with Crippen LogP contribution in [0.5, 0.6) is 5.75 Å². The fourth-order valence-electron chi connectivity index (χ4n) is 1.09. The fraction of sp³-hybridized carbons (Fsp3) is 0.455. The summed E-state index contributed by atoms with van der Waals surface area (Å²) in [6.07, 6.45) is 0.917. The quantitative estimate of drug-likeness (QED) is 0.590. The molecular weight excluding hydrogens is 282 g/mol. The first-order valence-corrected chi connectivity index (χ1v) is 5.79. The average molecular weight is 295 g/mol. The van der Waals surface area contributed by atoms with Crippen LogP contribution in [0.1, 0.15) is 13.3 Å². The molecule has 0 bridgehead atoms. The van der Waals surface area contributed by atoms with Crippen LogP contribution >= 0.6 is 15.9 Å². The molecule has 0 amide bonds. The highest BCUT2D eigenvalue weighted by Gasteiger charge is 2.10. The molecule has 0 aliphatic heterocycles. The molecule has 0 aliphatic carbocycles. The zero-order chi connectivity index (χ0) is 12.0. The molecule has 16 heavy (non-hydrogen) atoms. The lowest BCUT2D eigenvalue weighted by Gasteiger charge is -2.08. The fourth-order valence-corrected chi connectivity index (χ4v) is 1.50. The van der Waals surface area contributed by atoms with E-state index in [-0.39, 0.29) is 12.4 Å². The Morgan fingerprint density at radius 2 is 1.94 bits per heavy atom. The van der Waals surface area contributed by atoms with Gasteiger partial charge in [0.25, 0.3) is 0 Å². The Hall–Kier alpha value is -0.680. The Labute approximate surface area is 102 Å². The molecule has 2 nitrogen and oxygen atoms in total. The van der Waals surface area contributed by atoms with Gasteiger partial charge in [-0.1, -0.05) is 22.9 Å². The summed E-state index contributed by atoms with van der Waals surface area (Å²) in [5.74, 6) is -2.01. The summed E-state index contributed by atoms with van der Waals surface area (Å²) in [5.41, 5.74) is 0. The third kappa shape index (κ3) is 4.06. The van der Waals surface area contributed by atoms with E-state index < -0.39 is 11.6 Å². The van der Waals surface area contributed by atoms with Crippen LogP contribution in [0.4, 0.5) is 8.78 Å². The molecule has 90 valence electrons. The largest absolute Gasteiger partial charge is 0.488 e. The van der Waals surface area contributed by atoms with Crippen molar-refractivity contribution in [1.82, 2.24) is 0 Å². The van der Waals surface area contributed by atoms with Crippen molar-refractivity contribution in [3.63, 3.8) is 0 Å². The van der Waals surface area contributed by atoms with Gasteiger partial charge in [0.1, 0.15) is 6.61 Å². The van der Waals surface area contributed by atoms with E-state index >= 15 is 0 Å². The van der Waals surface area contributed by atoms with Crippen LogP contribution in [-0.2, 0) is 4.74 Å². The number of hydrogen-bond donors (Lipinski definition) is 0. The molecule has 0 aliphatic rings. The van der Waals surface area contributed by atoms with E-state index in [1.165, 1.54) is 6.07 Å². The molecule has 1 aromatic carbocycles. The molecular formula is C11H13BrF2O2. The van der Waals surface area contributed by atoms with Gasteiger partial charge in [0.2, 0.25) is 5.82 Å². The van der Waals surface area contributed by atoms with Gasteiger partial charge in [0.15, 0.2) is 11.6 Å². The highest BCUT2D eigenvalue weighted by Crippen LogP contribution is 2.25. The lowest BCUT2D eigenvalue weighted by molar-refractivity contribution is 0.0988. The second-order valence-electron chi connectivity index (χ2n) is 3.16. The third-order valence-corrected chi connectivity index (χ3v) is 2.25. The average Bonchev–Trinajstić information content (AvgIpc) is 2.24. The molecule has 0 aromatic heterocycles. The molecule has 0 N–H and O–H groups in total. The van der Waals surface area contributed by atoms with E-state index in [0.717, 1.165) is 12.5 Å². The van der Waals surface area contributed by atoms with Crippen LogP contribution in [0.2, 0.25) is 0 Å². The normalized spacial score (nSPS) is 10.5. The van der Waals surface area contributed by atoms with Gasteiger partial charge >= 0.3 is 0 Å². The lowest BCUT2D eigenvalue weighted by Crippen LogP contribution is -2.08. The maximum Gasteiger partial charge on any atom is 0.200 e. The molecule has 0 saturated carbocycles. The van der Waals surface area contributed by atoms with E-state index in [2.05, 4.69) is 15.9 Å². The SMILES string of the molecule is CCCOCCOc1cc(Br)cc(F)c1F. The van der Waals surface area contributed by atoms with Crippen LogP contribution in [0.15, 0.2) is 16.6 Å². The van der Waals surface area contributed by atoms with Crippen molar-refractivity contribution in [3.8, 4) is 5.75 Å².